The van der Waals surface area contributed by atoms with Crippen molar-refractivity contribution in [1.82, 2.24) is 0 Å². The number of hydrogen-bond acceptors (Lipinski definition) is 5. The van der Waals surface area contributed by atoms with E-state index in [0.717, 1.165) is 12.8 Å². The van der Waals surface area contributed by atoms with Crippen molar-refractivity contribution in [3.63, 3.8) is 0 Å². The fourth-order valence-electron chi connectivity index (χ4n) is 1.53. The van der Waals surface area contributed by atoms with Gasteiger partial charge in [0.1, 0.15) is 17.1 Å². The van der Waals surface area contributed by atoms with Gasteiger partial charge < -0.3 is 26.8 Å². The van der Waals surface area contributed by atoms with Crippen LogP contribution in [0.5, 0.6) is 17.2 Å². The number of phenolic OH excluding ortho intramolecular Hbond substituents is 3. The zero-order chi connectivity index (χ0) is 10.5. The summed E-state index contributed by atoms with van der Waals surface area (Å²) >= 11 is 0. The molecule has 1 aliphatic rings. The van der Waals surface area contributed by atoms with Crippen molar-refractivity contribution < 1.29 is 15.3 Å². The van der Waals surface area contributed by atoms with Crippen LogP contribution in [0.3, 0.4) is 0 Å². The molecule has 0 aliphatic heterocycles. The van der Waals surface area contributed by atoms with E-state index in [2.05, 4.69) is 0 Å². The fraction of sp³-hybridized carbons (Fsp3) is 0.333. The van der Waals surface area contributed by atoms with E-state index >= 15 is 0 Å². The molecule has 1 aromatic carbocycles. The Morgan fingerprint density at radius 3 is 1.86 bits per heavy atom. The Kier molecular flexibility index (Phi) is 1.64. The van der Waals surface area contributed by atoms with E-state index < -0.39 is 5.75 Å². The Bertz CT molecular complexity index is 371. The van der Waals surface area contributed by atoms with Gasteiger partial charge in [0.2, 0.25) is 0 Å². The maximum Gasteiger partial charge on any atom is 0.183 e. The summed E-state index contributed by atoms with van der Waals surface area (Å²) < 4.78 is 0. The third kappa shape index (κ3) is 1.02. The lowest BCUT2D eigenvalue weighted by Gasteiger charge is -2.12. The topological polar surface area (TPSA) is 113 Å². The molecule has 0 atom stereocenters. The number of anilines is 2. The van der Waals surface area contributed by atoms with Crippen molar-refractivity contribution in [2.24, 2.45) is 0 Å². The van der Waals surface area contributed by atoms with Crippen LogP contribution in [-0.4, -0.2) is 15.3 Å². The Hall–Kier alpha value is -1.78. The van der Waals surface area contributed by atoms with Crippen LogP contribution in [0.15, 0.2) is 0 Å². The summed E-state index contributed by atoms with van der Waals surface area (Å²) in [6.07, 6.45) is 1.76. The first-order chi connectivity index (χ1) is 6.54. The van der Waals surface area contributed by atoms with E-state index in [0.29, 0.717) is 5.56 Å². The van der Waals surface area contributed by atoms with E-state index in [4.69, 9.17) is 11.5 Å². The monoisotopic (exact) mass is 196 g/mol. The van der Waals surface area contributed by atoms with Crippen molar-refractivity contribution in [1.29, 1.82) is 0 Å². The van der Waals surface area contributed by atoms with Crippen LogP contribution in [0.2, 0.25) is 0 Å². The zero-order valence-electron chi connectivity index (χ0n) is 7.49. The van der Waals surface area contributed by atoms with Gasteiger partial charge in [-0.05, 0) is 18.8 Å². The van der Waals surface area contributed by atoms with Gasteiger partial charge in [0.15, 0.2) is 11.5 Å². The largest absolute Gasteiger partial charge is 0.505 e. The van der Waals surface area contributed by atoms with Crippen LogP contribution < -0.4 is 11.5 Å². The average Bonchev–Trinajstić information content (AvgIpc) is 2.96. The van der Waals surface area contributed by atoms with Crippen molar-refractivity contribution in [3.8, 4) is 17.2 Å². The summed E-state index contributed by atoms with van der Waals surface area (Å²) in [5.41, 5.74) is 10.9. The minimum Gasteiger partial charge on any atom is -0.505 e. The van der Waals surface area contributed by atoms with Crippen molar-refractivity contribution >= 4 is 11.4 Å². The smallest absolute Gasteiger partial charge is 0.183 e. The zero-order valence-corrected chi connectivity index (χ0v) is 7.49. The molecule has 0 aromatic heterocycles. The lowest BCUT2D eigenvalue weighted by Crippen LogP contribution is -1.98. The predicted octanol–water partition coefficient (Wildman–Crippen LogP) is 0.845. The molecule has 14 heavy (non-hydrogen) atoms. The van der Waals surface area contributed by atoms with Gasteiger partial charge in [-0.15, -0.1) is 0 Å². The lowest BCUT2D eigenvalue weighted by atomic mass is 10.0. The Morgan fingerprint density at radius 1 is 0.857 bits per heavy atom. The lowest BCUT2D eigenvalue weighted by molar-refractivity contribution is 0.392. The summed E-state index contributed by atoms with van der Waals surface area (Å²) in [6, 6.07) is 0. The minimum atomic E-state index is -0.442. The quantitative estimate of drug-likeness (QED) is 0.259. The average molecular weight is 196 g/mol. The molecule has 0 saturated heterocycles. The molecule has 0 unspecified atom stereocenters. The van der Waals surface area contributed by atoms with E-state index in [1.807, 2.05) is 0 Å². The van der Waals surface area contributed by atoms with E-state index in [1.54, 1.807) is 0 Å². The van der Waals surface area contributed by atoms with Gasteiger partial charge in [0.25, 0.3) is 0 Å². The van der Waals surface area contributed by atoms with Crippen LogP contribution in [-0.2, 0) is 0 Å². The molecular weight excluding hydrogens is 184 g/mol. The van der Waals surface area contributed by atoms with Gasteiger partial charge in [0, 0.05) is 5.56 Å². The molecule has 76 valence electrons. The van der Waals surface area contributed by atoms with Crippen molar-refractivity contribution in [3.05, 3.63) is 5.56 Å². The normalized spacial score (nSPS) is 15.7. The third-order valence-electron chi connectivity index (χ3n) is 2.52. The maximum absolute atomic E-state index is 9.62. The molecule has 0 radical (unpaired) electrons. The van der Waals surface area contributed by atoms with Crippen molar-refractivity contribution in [2.45, 2.75) is 18.8 Å². The molecule has 1 aromatic rings. The first-order valence-electron chi connectivity index (χ1n) is 4.35. The maximum atomic E-state index is 9.62. The third-order valence-corrected chi connectivity index (χ3v) is 2.52. The van der Waals surface area contributed by atoms with E-state index in [9.17, 15) is 15.3 Å². The van der Waals surface area contributed by atoms with Crippen molar-refractivity contribution in [2.75, 3.05) is 11.5 Å². The molecule has 0 bridgehead atoms. The Balaban J connectivity index is 2.69. The molecule has 1 aliphatic carbocycles. The Morgan fingerprint density at radius 2 is 1.36 bits per heavy atom. The number of aromatic hydroxyl groups is 3. The first kappa shape index (κ1) is 8.80. The van der Waals surface area contributed by atoms with Gasteiger partial charge in [-0.2, -0.15) is 0 Å². The molecule has 0 amide bonds. The number of nitrogens with two attached hydrogens (primary N) is 2. The molecule has 0 spiro atoms. The second-order valence-electron chi connectivity index (χ2n) is 3.56. The second kappa shape index (κ2) is 2.60. The van der Waals surface area contributed by atoms with Crippen LogP contribution in [0.25, 0.3) is 0 Å². The summed E-state index contributed by atoms with van der Waals surface area (Å²) in [5.74, 6) is -0.914. The van der Waals surface area contributed by atoms with Gasteiger partial charge in [-0.25, -0.2) is 0 Å². The van der Waals surface area contributed by atoms with E-state index in [1.165, 1.54) is 0 Å². The highest BCUT2D eigenvalue weighted by molar-refractivity contribution is 5.83. The predicted molar refractivity (Wildman–Crippen MR) is 52.2 cm³/mol. The fourth-order valence-corrected chi connectivity index (χ4v) is 1.53. The van der Waals surface area contributed by atoms with Gasteiger partial charge in [-0.1, -0.05) is 0 Å². The first-order valence-corrected chi connectivity index (χ1v) is 4.35. The minimum absolute atomic E-state index is 0.0674. The molecule has 2 rings (SSSR count). The molecule has 1 fully saturated rings. The number of benzene rings is 1. The number of nitrogen functional groups attached to an aromatic ring is 2. The number of rotatable bonds is 1. The summed E-state index contributed by atoms with van der Waals surface area (Å²) in [5, 5.41) is 28.6. The van der Waals surface area contributed by atoms with Crippen LogP contribution in [0.4, 0.5) is 11.4 Å². The highest BCUT2D eigenvalue weighted by Crippen LogP contribution is 2.55. The Labute approximate surface area is 80.6 Å². The molecule has 5 heteroatoms. The highest BCUT2D eigenvalue weighted by Gasteiger charge is 2.33. The molecule has 7 N–H and O–H groups in total. The highest BCUT2D eigenvalue weighted by atomic mass is 16.3. The second-order valence-corrected chi connectivity index (χ2v) is 3.56. The van der Waals surface area contributed by atoms with Crippen LogP contribution >= 0.6 is 0 Å². The number of hydrogen-bond donors (Lipinski definition) is 5. The molecule has 5 nitrogen and oxygen atoms in total. The summed E-state index contributed by atoms with van der Waals surface area (Å²) in [6.45, 7) is 0. The standard InChI is InChI=1S/C9H12N2O3/c10-5-6(11)9(14)8(13)4(7(5)12)3-1-2-3/h3,12-14H,1-2,10-11H2. The molecular formula is C9H12N2O3. The summed E-state index contributed by atoms with van der Waals surface area (Å²) in [4.78, 5) is 0. The summed E-state index contributed by atoms with van der Waals surface area (Å²) in [7, 11) is 0. The van der Waals surface area contributed by atoms with Crippen LogP contribution in [0.1, 0.15) is 24.3 Å². The van der Waals surface area contributed by atoms with Crippen LogP contribution in [0, 0.1) is 0 Å². The molecule has 1 saturated carbocycles. The van der Waals surface area contributed by atoms with Gasteiger partial charge in [0.05, 0.1) is 0 Å². The SMILES string of the molecule is Nc1c(N)c(O)c(C2CC2)c(O)c1O. The van der Waals surface area contributed by atoms with Gasteiger partial charge >= 0.3 is 0 Å². The number of phenols is 3. The van der Waals surface area contributed by atoms with E-state index in [-0.39, 0.29) is 28.8 Å². The van der Waals surface area contributed by atoms with Gasteiger partial charge in [-0.3, -0.25) is 0 Å². The molecule has 0 heterocycles.